The van der Waals surface area contributed by atoms with Crippen molar-refractivity contribution in [2.45, 2.75) is 37.9 Å². The number of aryl methyl sites for hydroxylation is 2. The summed E-state index contributed by atoms with van der Waals surface area (Å²) >= 11 is 0. The van der Waals surface area contributed by atoms with Gasteiger partial charge < -0.3 is 29.5 Å². The van der Waals surface area contributed by atoms with Gasteiger partial charge in [-0.15, -0.1) is 0 Å². The summed E-state index contributed by atoms with van der Waals surface area (Å²) in [7, 11) is 1.47. The number of ether oxygens (including phenoxy) is 2. The van der Waals surface area contributed by atoms with E-state index in [0.717, 1.165) is 11.1 Å². The van der Waals surface area contributed by atoms with Gasteiger partial charge in [0.25, 0.3) is 0 Å². The first-order valence-corrected chi connectivity index (χ1v) is 13.2. The van der Waals surface area contributed by atoms with E-state index in [2.05, 4.69) is 0 Å². The van der Waals surface area contributed by atoms with Crippen LogP contribution in [0.4, 0.5) is 10.1 Å². The van der Waals surface area contributed by atoms with E-state index in [4.69, 9.17) is 9.47 Å². The lowest BCUT2D eigenvalue weighted by molar-refractivity contribution is -0.138. The smallest absolute Gasteiger partial charge is 0.248 e. The summed E-state index contributed by atoms with van der Waals surface area (Å²) in [5.74, 6) is 0.196. The summed E-state index contributed by atoms with van der Waals surface area (Å²) < 4.78 is 25.3. The Labute approximate surface area is 224 Å². The topological polar surface area (TPSA) is 85.7 Å². The monoisotopic (exact) mass is 529 g/mol. The van der Waals surface area contributed by atoms with E-state index in [-0.39, 0.29) is 38.0 Å². The third-order valence-corrected chi connectivity index (χ3v) is 7.70. The molecule has 2 N–H and O–H groups in total. The maximum absolute atomic E-state index is 14.3. The summed E-state index contributed by atoms with van der Waals surface area (Å²) in [6.07, 6.45) is 0.948. The second-order valence-corrected chi connectivity index (χ2v) is 10.9. The van der Waals surface area contributed by atoms with Crippen LogP contribution in [0.15, 0.2) is 42.5 Å². The molecule has 0 radical (unpaired) electrons. The molecule has 0 aromatic heterocycles. The number of aliphatic hydroxyl groups is 2. The number of para-hydroxylation sites is 1. The van der Waals surface area contributed by atoms with Gasteiger partial charge in [-0.2, -0.15) is 0 Å². The first-order valence-electron chi connectivity index (χ1n) is 13.2. The quantitative estimate of drug-likeness (QED) is 0.543. The van der Waals surface area contributed by atoms with Crippen molar-refractivity contribution in [2.75, 3.05) is 71.0 Å². The van der Waals surface area contributed by atoms with Crippen molar-refractivity contribution >= 4 is 11.6 Å². The molecule has 8 nitrogen and oxygen atoms in total. The zero-order chi connectivity index (χ0) is 27.3. The highest BCUT2D eigenvalue weighted by atomic mass is 19.1. The highest BCUT2D eigenvalue weighted by Gasteiger charge is 2.41. The third kappa shape index (κ3) is 7.02. The van der Waals surface area contributed by atoms with Gasteiger partial charge in [0, 0.05) is 46.4 Å². The predicted octanol–water partition coefficient (Wildman–Crippen LogP) is 2.37. The molecule has 2 saturated heterocycles. The molecule has 1 amide bonds. The van der Waals surface area contributed by atoms with Gasteiger partial charge in [-0.3, -0.25) is 9.69 Å². The highest BCUT2D eigenvalue weighted by Crippen LogP contribution is 2.30. The summed E-state index contributed by atoms with van der Waals surface area (Å²) in [6, 6.07) is 12.5. The zero-order valence-electron chi connectivity index (χ0n) is 22.7. The van der Waals surface area contributed by atoms with E-state index in [0.29, 0.717) is 57.0 Å². The van der Waals surface area contributed by atoms with E-state index in [1.165, 1.54) is 13.2 Å². The number of halogens is 1. The van der Waals surface area contributed by atoms with Crippen LogP contribution < -0.4 is 9.64 Å². The Kier molecular flexibility index (Phi) is 8.92. The van der Waals surface area contributed by atoms with Gasteiger partial charge in [-0.25, -0.2) is 4.39 Å². The lowest BCUT2D eigenvalue weighted by atomic mass is 9.90. The minimum absolute atomic E-state index is 0.00224. The van der Waals surface area contributed by atoms with Crippen molar-refractivity contribution in [3.05, 3.63) is 59.4 Å². The van der Waals surface area contributed by atoms with Crippen molar-refractivity contribution < 1.29 is 28.9 Å². The molecule has 2 heterocycles. The van der Waals surface area contributed by atoms with E-state index in [9.17, 15) is 19.4 Å². The number of hydrogen-bond acceptors (Lipinski definition) is 7. The van der Waals surface area contributed by atoms with Crippen LogP contribution >= 0.6 is 0 Å². The average molecular weight is 530 g/mol. The molecule has 4 rings (SSSR count). The van der Waals surface area contributed by atoms with Gasteiger partial charge >= 0.3 is 0 Å². The van der Waals surface area contributed by atoms with E-state index in [1.807, 2.05) is 47.9 Å². The van der Waals surface area contributed by atoms with Crippen LogP contribution in [0.2, 0.25) is 0 Å². The Morgan fingerprint density at radius 1 is 0.974 bits per heavy atom. The Morgan fingerprint density at radius 2 is 1.71 bits per heavy atom. The Morgan fingerprint density at radius 3 is 2.39 bits per heavy atom. The average Bonchev–Trinajstić information content (AvgIpc) is 3.04. The molecular formula is C29H40FN3O5. The number of benzene rings is 2. The number of rotatable bonds is 8. The number of amides is 1. The molecule has 9 heteroatoms. The lowest BCUT2D eigenvalue weighted by Gasteiger charge is -2.42. The van der Waals surface area contributed by atoms with Gasteiger partial charge in [0.2, 0.25) is 5.91 Å². The molecule has 0 aliphatic carbocycles. The molecule has 0 saturated carbocycles. The van der Waals surface area contributed by atoms with Gasteiger partial charge in [0.1, 0.15) is 30.4 Å². The molecule has 2 fully saturated rings. The SMILES string of the molecule is COCC(=O)N1CCN(CC2(O)CCN(c3ccccc3F)CC2)C[C@@](O)(COc2ccc(C)c(C)c2)C1. The largest absolute Gasteiger partial charge is 0.490 e. The van der Waals surface area contributed by atoms with Crippen LogP contribution in [0.5, 0.6) is 5.75 Å². The Hall–Kier alpha value is -2.72. The highest BCUT2D eigenvalue weighted by molar-refractivity contribution is 5.77. The molecule has 208 valence electrons. The number of methoxy groups -OCH3 is 1. The number of β-amino-alcohol motifs (C(OH)–C–C–N with tert-alkyl or cyclic N) is 2. The van der Waals surface area contributed by atoms with Crippen molar-refractivity contribution in [3.63, 3.8) is 0 Å². The summed E-state index contributed by atoms with van der Waals surface area (Å²) in [5.41, 5.74) is 0.473. The molecule has 0 unspecified atom stereocenters. The molecule has 1 atom stereocenters. The van der Waals surface area contributed by atoms with Crippen molar-refractivity contribution in [2.24, 2.45) is 0 Å². The number of carbonyl (C=O) groups is 1. The Balaban J connectivity index is 1.44. The molecule has 2 aliphatic heterocycles. The molecular weight excluding hydrogens is 489 g/mol. The van der Waals surface area contributed by atoms with Gasteiger partial charge in [0.15, 0.2) is 0 Å². The number of nitrogens with zero attached hydrogens (tertiary/aromatic N) is 3. The predicted molar refractivity (Wildman–Crippen MR) is 144 cm³/mol. The van der Waals surface area contributed by atoms with E-state index in [1.54, 1.807) is 17.0 Å². The number of anilines is 1. The maximum Gasteiger partial charge on any atom is 0.248 e. The van der Waals surface area contributed by atoms with Crippen molar-refractivity contribution in [3.8, 4) is 5.75 Å². The van der Waals surface area contributed by atoms with Gasteiger partial charge in [0.05, 0.1) is 17.8 Å². The van der Waals surface area contributed by atoms with Crippen molar-refractivity contribution in [1.29, 1.82) is 0 Å². The normalized spacial score (nSPS) is 22.3. The minimum Gasteiger partial charge on any atom is -0.490 e. The molecule has 2 aromatic rings. The number of hydrogen-bond donors (Lipinski definition) is 2. The van der Waals surface area contributed by atoms with Crippen LogP contribution in [0.1, 0.15) is 24.0 Å². The van der Waals surface area contributed by atoms with Crippen molar-refractivity contribution in [1.82, 2.24) is 9.80 Å². The molecule has 2 aliphatic rings. The summed E-state index contributed by atoms with van der Waals surface area (Å²) in [6.45, 7) is 6.64. The summed E-state index contributed by atoms with van der Waals surface area (Å²) in [4.78, 5) is 18.3. The summed E-state index contributed by atoms with van der Waals surface area (Å²) in [5, 5.41) is 23.2. The van der Waals surface area contributed by atoms with Gasteiger partial charge in [-0.05, 0) is 62.1 Å². The second kappa shape index (κ2) is 12.0. The van der Waals surface area contributed by atoms with Crippen LogP contribution in [0.3, 0.4) is 0 Å². The first kappa shape index (κ1) is 28.3. The maximum atomic E-state index is 14.3. The fraction of sp³-hybridized carbons (Fsp3) is 0.552. The van der Waals surface area contributed by atoms with Crippen LogP contribution in [0.25, 0.3) is 0 Å². The molecule has 0 bridgehead atoms. The van der Waals surface area contributed by atoms with E-state index < -0.39 is 11.2 Å². The van der Waals surface area contributed by atoms with Crippen LogP contribution in [-0.2, 0) is 9.53 Å². The molecule has 2 aromatic carbocycles. The fourth-order valence-corrected chi connectivity index (χ4v) is 5.36. The van der Waals surface area contributed by atoms with Crippen LogP contribution in [-0.4, -0.2) is 103 Å². The lowest BCUT2D eigenvalue weighted by Crippen LogP contribution is -2.56. The Bertz CT molecular complexity index is 1110. The molecule has 0 spiro atoms. The number of piperidine rings is 1. The fourth-order valence-electron chi connectivity index (χ4n) is 5.36. The molecule has 38 heavy (non-hydrogen) atoms. The first-order chi connectivity index (χ1) is 18.1. The number of carbonyl (C=O) groups excluding carboxylic acids is 1. The zero-order valence-corrected chi connectivity index (χ0v) is 22.7. The van der Waals surface area contributed by atoms with Gasteiger partial charge in [-0.1, -0.05) is 18.2 Å². The standard InChI is InChI=1S/C29H40FN3O5/c1-22-8-9-24(16-23(22)2)38-21-29(36)19-31(14-15-33(20-29)27(34)17-37-3)18-28(35)10-12-32(13-11-28)26-7-5-4-6-25(26)30/h4-9,16,35-36H,10-15,17-21H2,1-3H3/t29-/m0/s1. The van der Waals surface area contributed by atoms with Crippen LogP contribution in [0, 0.1) is 19.7 Å². The third-order valence-electron chi connectivity index (χ3n) is 7.70. The van der Waals surface area contributed by atoms with E-state index >= 15 is 0 Å². The minimum atomic E-state index is -1.34. The second-order valence-electron chi connectivity index (χ2n) is 10.9.